The summed E-state index contributed by atoms with van der Waals surface area (Å²) in [5.74, 6) is -0.437. The van der Waals surface area contributed by atoms with Gasteiger partial charge in [0, 0.05) is 11.0 Å². The summed E-state index contributed by atoms with van der Waals surface area (Å²) < 4.78 is 1.69. The Bertz CT molecular complexity index is 387. The normalized spacial score (nSPS) is 9.94. The molecule has 0 aliphatic rings. The second-order valence-corrected chi connectivity index (χ2v) is 6.09. The minimum Gasteiger partial charge on any atom is -0.355 e. The van der Waals surface area contributed by atoms with Gasteiger partial charge in [0.1, 0.15) is 0 Å². The fourth-order valence-corrected chi connectivity index (χ4v) is 2.92. The topological polar surface area (TPSA) is 58.2 Å². The Morgan fingerprint density at radius 1 is 1.38 bits per heavy atom. The van der Waals surface area contributed by atoms with E-state index in [9.17, 15) is 9.59 Å². The molecule has 1 aromatic rings. The Morgan fingerprint density at radius 3 is 2.56 bits per heavy atom. The Hall–Kier alpha value is -0.400. The molecule has 2 amide bonds. The molecule has 0 bridgehead atoms. The standard InChI is InChI=1S/C9H10Br2N2O2S/c1-2-12-7(14)4-13-9(15)6-3-5(10)8(11)16-6/h3H,2,4H2,1H3,(H,12,14)(H,13,15). The highest BCUT2D eigenvalue weighted by molar-refractivity contribution is 9.13. The Labute approximate surface area is 114 Å². The second-order valence-electron chi connectivity index (χ2n) is 2.87. The summed E-state index contributed by atoms with van der Waals surface area (Å²) >= 11 is 7.91. The van der Waals surface area contributed by atoms with Gasteiger partial charge in [0.05, 0.1) is 15.2 Å². The molecular formula is C9H10Br2N2O2S. The molecule has 1 rings (SSSR count). The van der Waals surface area contributed by atoms with E-state index in [1.807, 2.05) is 6.92 Å². The van der Waals surface area contributed by atoms with Gasteiger partial charge in [-0.15, -0.1) is 11.3 Å². The van der Waals surface area contributed by atoms with Gasteiger partial charge in [-0.25, -0.2) is 0 Å². The van der Waals surface area contributed by atoms with Crippen molar-refractivity contribution in [3.63, 3.8) is 0 Å². The highest BCUT2D eigenvalue weighted by atomic mass is 79.9. The molecule has 0 aliphatic heterocycles. The van der Waals surface area contributed by atoms with Crippen molar-refractivity contribution >= 4 is 55.0 Å². The second kappa shape index (κ2) is 6.36. The molecule has 0 aliphatic carbocycles. The average Bonchev–Trinajstić information content (AvgIpc) is 2.56. The van der Waals surface area contributed by atoms with Crippen LogP contribution in [0.1, 0.15) is 16.6 Å². The van der Waals surface area contributed by atoms with Crippen LogP contribution in [0.4, 0.5) is 0 Å². The lowest BCUT2D eigenvalue weighted by molar-refractivity contribution is -0.120. The predicted molar refractivity (Wildman–Crippen MR) is 70.7 cm³/mol. The Kier molecular flexibility index (Phi) is 5.43. The fraction of sp³-hybridized carbons (Fsp3) is 0.333. The van der Waals surface area contributed by atoms with E-state index in [-0.39, 0.29) is 18.4 Å². The molecule has 2 N–H and O–H groups in total. The number of carbonyl (C=O) groups is 2. The van der Waals surface area contributed by atoms with Crippen molar-refractivity contribution in [1.82, 2.24) is 10.6 Å². The molecule has 0 radical (unpaired) electrons. The molecule has 0 saturated carbocycles. The van der Waals surface area contributed by atoms with Gasteiger partial charge in [0.2, 0.25) is 5.91 Å². The smallest absolute Gasteiger partial charge is 0.261 e. The molecule has 88 valence electrons. The van der Waals surface area contributed by atoms with Crippen LogP contribution >= 0.6 is 43.2 Å². The van der Waals surface area contributed by atoms with Gasteiger partial charge in [-0.3, -0.25) is 9.59 Å². The zero-order valence-electron chi connectivity index (χ0n) is 8.47. The largest absolute Gasteiger partial charge is 0.355 e. The minimum atomic E-state index is -0.248. The number of rotatable bonds is 4. The third-order valence-electron chi connectivity index (χ3n) is 1.65. The fourth-order valence-electron chi connectivity index (χ4n) is 0.966. The van der Waals surface area contributed by atoms with Crippen molar-refractivity contribution in [3.05, 3.63) is 19.2 Å². The molecule has 0 unspecified atom stereocenters. The molecule has 16 heavy (non-hydrogen) atoms. The van der Waals surface area contributed by atoms with Crippen LogP contribution in [0.25, 0.3) is 0 Å². The summed E-state index contributed by atoms with van der Waals surface area (Å²) in [4.78, 5) is 23.3. The first-order valence-corrected chi connectivity index (χ1v) is 6.94. The maximum absolute atomic E-state index is 11.6. The van der Waals surface area contributed by atoms with E-state index in [1.165, 1.54) is 11.3 Å². The van der Waals surface area contributed by atoms with Gasteiger partial charge < -0.3 is 10.6 Å². The molecule has 4 nitrogen and oxygen atoms in total. The van der Waals surface area contributed by atoms with Gasteiger partial charge in [-0.1, -0.05) is 0 Å². The number of hydrogen-bond donors (Lipinski definition) is 2. The van der Waals surface area contributed by atoms with Crippen LogP contribution in [0.3, 0.4) is 0 Å². The highest BCUT2D eigenvalue weighted by Crippen LogP contribution is 2.32. The van der Waals surface area contributed by atoms with Gasteiger partial charge in [0.25, 0.3) is 5.91 Å². The van der Waals surface area contributed by atoms with Crippen molar-refractivity contribution < 1.29 is 9.59 Å². The first-order chi connectivity index (χ1) is 7.54. The molecule has 7 heteroatoms. The van der Waals surface area contributed by atoms with Crippen molar-refractivity contribution in [2.75, 3.05) is 13.1 Å². The van der Waals surface area contributed by atoms with Gasteiger partial charge in [-0.05, 0) is 44.8 Å². The molecule has 1 heterocycles. The summed E-state index contributed by atoms with van der Waals surface area (Å²) in [5.41, 5.74) is 0. The van der Waals surface area contributed by atoms with E-state index in [2.05, 4.69) is 42.5 Å². The lowest BCUT2D eigenvalue weighted by atomic mass is 10.4. The molecule has 0 spiro atoms. The number of hydrogen-bond acceptors (Lipinski definition) is 3. The molecule has 0 fully saturated rings. The van der Waals surface area contributed by atoms with E-state index in [4.69, 9.17) is 0 Å². The Balaban J connectivity index is 2.50. The van der Waals surface area contributed by atoms with Crippen LogP contribution in [0.2, 0.25) is 0 Å². The van der Waals surface area contributed by atoms with E-state index >= 15 is 0 Å². The quantitative estimate of drug-likeness (QED) is 0.854. The number of likely N-dealkylation sites (N-methyl/N-ethyl adjacent to an activating group) is 1. The van der Waals surface area contributed by atoms with Crippen LogP contribution in [-0.2, 0) is 4.79 Å². The maximum atomic E-state index is 11.6. The summed E-state index contributed by atoms with van der Waals surface area (Å²) in [6.45, 7) is 2.39. The lowest BCUT2D eigenvalue weighted by Crippen LogP contribution is -2.36. The number of nitrogens with one attached hydrogen (secondary N) is 2. The molecule has 0 atom stereocenters. The number of halogens is 2. The highest BCUT2D eigenvalue weighted by Gasteiger charge is 2.12. The molecule has 0 saturated heterocycles. The van der Waals surface area contributed by atoms with Crippen molar-refractivity contribution in [3.8, 4) is 0 Å². The third kappa shape index (κ3) is 3.88. The third-order valence-corrected chi connectivity index (χ3v) is 4.91. The van der Waals surface area contributed by atoms with E-state index in [0.717, 1.165) is 8.26 Å². The summed E-state index contributed by atoms with van der Waals surface area (Å²) in [6.07, 6.45) is 0. The van der Waals surface area contributed by atoms with Gasteiger partial charge in [0.15, 0.2) is 0 Å². The first kappa shape index (κ1) is 13.7. The van der Waals surface area contributed by atoms with E-state index in [0.29, 0.717) is 11.4 Å². The SMILES string of the molecule is CCNC(=O)CNC(=O)c1cc(Br)c(Br)s1. The number of amides is 2. The first-order valence-electron chi connectivity index (χ1n) is 4.54. The number of thiophene rings is 1. The molecular weight excluding hydrogens is 360 g/mol. The van der Waals surface area contributed by atoms with Crippen LogP contribution in [0, 0.1) is 0 Å². The maximum Gasteiger partial charge on any atom is 0.261 e. The number of carbonyl (C=O) groups excluding carboxylic acids is 2. The van der Waals surface area contributed by atoms with Gasteiger partial charge >= 0.3 is 0 Å². The zero-order valence-corrected chi connectivity index (χ0v) is 12.5. The van der Waals surface area contributed by atoms with Crippen LogP contribution in [0.5, 0.6) is 0 Å². The predicted octanol–water partition coefficient (Wildman–Crippen LogP) is 2.14. The van der Waals surface area contributed by atoms with Crippen molar-refractivity contribution in [2.45, 2.75) is 6.92 Å². The summed E-state index contributed by atoms with van der Waals surface area (Å²) in [6, 6.07) is 1.71. The summed E-state index contributed by atoms with van der Waals surface area (Å²) in [7, 11) is 0. The van der Waals surface area contributed by atoms with Crippen molar-refractivity contribution in [2.24, 2.45) is 0 Å². The van der Waals surface area contributed by atoms with Crippen LogP contribution in [-0.4, -0.2) is 24.9 Å². The van der Waals surface area contributed by atoms with Crippen molar-refractivity contribution in [1.29, 1.82) is 0 Å². The monoisotopic (exact) mass is 368 g/mol. The molecule has 0 aromatic carbocycles. The van der Waals surface area contributed by atoms with Crippen LogP contribution < -0.4 is 10.6 Å². The summed E-state index contributed by atoms with van der Waals surface area (Å²) in [5, 5.41) is 5.14. The van der Waals surface area contributed by atoms with E-state index < -0.39 is 0 Å². The average molecular weight is 370 g/mol. The van der Waals surface area contributed by atoms with Gasteiger partial charge in [-0.2, -0.15) is 0 Å². The lowest BCUT2D eigenvalue weighted by Gasteiger charge is -2.03. The Morgan fingerprint density at radius 2 is 2.06 bits per heavy atom. The minimum absolute atomic E-state index is 0.000187. The van der Waals surface area contributed by atoms with E-state index in [1.54, 1.807) is 6.07 Å². The van der Waals surface area contributed by atoms with Crippen LogP contribution in [0.15, 0.2) is 14.3 Å². The molecule has 1 aromatic heterocycles. The zero-order chi connectivity index (χ0) is 12.1.